The predicted octanol–water partition coefficient (Wildman–Crippen LogP) is 7.11. The average Bonchev–Trinajstić information content (AvgIpc) is 3.67. The number of hydrogen-bond donors (Lipinski definition) is 2. The minimum absolute atomic E-state index is 0.0112. The largest absolute Gasteiger partial charge is 0.465 e. The van der Waals surface area contributed by atoms with Crippen LogP contribution in [0, 0.1) is 17.2 Å². The second kappa shape index (κ2) is 19.8. The highest BCUT2D eigenvalue weighted by Crippen LogP contribution is 2.59. The number of fused-ring (bicyclic) bond motifs is 2. The van der Waals surface area contributed by atoms with Crippen LogP contribution < -0.4 is 14.9 Å². The number of morpholine rings is 1. The Morgan fingerprint density at radius 1 is 1.04 bits per heavy atom. The summed E-state index contributed by atoms with van der Waals surface area (Å²) in [6.45, 7) is 6.53. The molecule has 67 heavy (non-hydrogen) atoms. The zero-order valence-corrected chi connectivity index (χ0v) is 39.5. The first kappa shape index (κ1) is 46.9. The van der Waals surface area contributed by atoms with Crippen LogP contribution in [0.5, 0.6) is 5.75 Å². The molecule has 15 nitrogen and oxygen atoms in total. The van der Waals surface area contributed by atoms with Crippen LogP contribution in [0.4, 0.5) is 4.39 Å². The number of pyridine rings is 1. The molecule has 2 N–H and O–H groups in total. The van der Waals surface area contributed by atoms with E-state index in [0.717, 1.165) is 31.5 Å². The van der Waals surface area contributed by atoms with Gasteiger partial charge in [-0.2, -0.15) is 5.26 Å². The van der Waals surface area contributed by atoms with Gasteiger partial charge in [0.1, 0.15) is 23.9 Å². The molecule has 18 heteroatoms. The number of nitriles is 1. The van der Waals surface area contributed by atoms with Gasteiger partial charge in [0.2, 0.25) is 17.7 Å². The Kier molecular flexibility index (Phi) is 13.8. The Hall–Kier alpha value is -5.24. The molecule has 5 fully saturated rings. The van der Waals surface area contributed by atoms with E-state index in [1.165, 1.54) is 30.4 Å². The number of aromatic nitrogens is 1. The van der Waals surface area contributed by atoms with Gasteiger partial charge >= 0.3 is 13.5 Å². The Morgan fingerprint density at radius 3 is 2.54 bits per heavy atom. The van der Waals surface area contributed by atoms with Crippen molar-refractivity contribution < 1.29 is 42.1 Å². The number of esters is 1. The first-order chi connectivity index (χ1) is 32.4. The number of amides is 3. The third-order valence-electron chi connectivity index (χ3n) is 14.2. The Balaban J connectivity index is 0.961. The van der Waals surface area contributed by atoms with Crippen molar-refractivity contribution in [2.45, 2.75) is 113 Å². The molecule has 0 bridgehead atoms. The van der Waals surface area contributed by atoms with E-state index in [-0.39, 0.29) is 53.7 Å². The monoisotopic (exact) mass is 953 g/mol. The summed E-state index contributed by atoms with van der Waals surface area (Å²) >= 11 is 1.18. The number of ether oxygens (including phenoxy) is 2. The molecule has 354 valence electrons. The number of carbonyl (C=O) groups is 4. The number of thiophene rings is 1. The lowest BCUT2D eigenvalue weighted by Crippen LogP contribution is -2.59. The minimum Gasteiger partial charge on any atom is -0.465 e. The van der Waals surface area contributed by atoms with Crippen LogP contribution in [-0.2, 0) is 28.4 Å². The smallest absolute Gasteiger partial charge is 0.355 e. The van der Waals surface area contributed by atoms with Gasteiger partial charge in [0.15, 0.2) is 0 Å². The van der Waals surface area contributed by atoms with Gasteiger partial charge in [-0.05, 0) is 111 Å². The molecule has 4 aliphatic heterocycles. The summed E-state index contributed by atoms with van der Waals surface area (Å²) in [7, 11) is -4.49. The second-order valence-corrected chi connectivity index (χ2v) is 21.6. The number of rotatable bonds is 14. The van der Waals surface area contributed by atoms with E-state index in [9.17, 15) is 29.0 Å². The maximum absolute atomic E-state index is 16.7. The summed E-state index contributed by atoms with van der Waals surface area (Å²) in [5.74, 6) is -4.26. The van der Waals surface area contributed by atoms with Gasteiger partial charge in [-0.25, -0.2) is 9.48 Å². The van der Waals surface area contributed by atoms with E-state index in [4.69, 9.17) is 14.0 Å². The number of likely N-dealkylation sites (tertiary alicyclic amines) is 1. The van der Waals surface area contributed by atoms with E-state index < -0.39 is 49.0 Å². The molecule has 5 aliphatic rings. The summed E-state index contributed by atoms with van der Waals surface area (Å²) in [5, 5.41) is 16.6. The zero-order valence-electron chi connectivity index (χ0n) is 37.8. The molecule has 1 saturated carbocycles. The van der Waals surface area contributed by atoms with Gasteiger partial charge in [0.25, 0.3) is 5.91 Å². The topological polar surface area (TPSA) is 183 Å². The lowest BCUT2D eigenvalue weighted by molar-refractivity contribution is -0.148. The van der Waals surface area contributed by atoms with Gasteiger partial charge in [-0.1, -0.05) is 37.3 Å². The number of halogens is 1. The fraction of sp³-hybridized carbons (Fsp3) is 0.510. The molecule has 4 saturated heterocycles. The van der Waals surface area contributed by atoms with E-state index >= 15 is 4.39 Å². The number of hydrogen-bond acceptors (Lipinski definition) is 12. The van der Waals surface area contributed by atoms with Crippen molar-refractivity contribution in [3.63, 3.8) is 0 Å². The van der Waals surface area contributed by atoms with Crippen molar-refractivity contribution in [2.24, 2.45) is 5.92 Å². The van der Waals surface area contributed by atoms with Crippen LogP contribution in [-0.4, -0.2) is 119 Å². The van der Waals surface area contributed by atoms with Crippen molar-refractivity contribution in [3.05, 3.63) is 95.1 Å². The molecule has 6 heterocycles. The fourth-order valence-electron chi connectivity index (χ4n) is 10.7. The van der Waals surface area contributed by atoms with Crippen molar-refractivity contribution in [1.29, 1.82) is 5.26 Å². The summed E-state index contributed by atoms with van der Waals surface area (Å²) < 4.78 is 48.5. The highest BCUT2D eigenvalue weighted by molar-refractivity contribution is 7.57. The molecule has 0 unspecified atom stereocenters. The standard InChI is InChI=1S/C49H57FN7O8PS/c1-3-22-64-48(61)31(2)54-66(62,65-37-9-5-4-6-10-37)44(50)32-11-16-42-34(25-32)26-43(67-42)45(58)53-40-14-12-35(55-20-23-63-24-21-55)27-36-13-15-41(57(36)46(40)59)47(60)56-30-38(33-8-7-19-52-29-33)39(28-51)49(56)17-18-49/h4-11,16,19,25-26,29,31,35-36,38-41,44H,3,12-15,17-18,20-24,27,30H2,1-2H3,(H,53,58)(H,54,62)/t31-,35-,36+,38+,39+,40-,41-,44+,66+/m0/s1. The van der Waals surface area contributed by atoms with Crippen LogP contribution in [0.15, 0.2) is 79.1 Å². The maximum Gasteiger partial charge on any atom is 0.355 e. The lowest BCUT2D eigenvalue weighted by Gasteiger charge is -2.42. The summed E-state index contributed by atoms with van der Waals surface area (Å²) in [5.41, 5.74) is 0.356. The molecule has 2 aromatic carbocycles. The van der Waals surface area contributed by atoms with Gasteiger partial charge < -0.3 is 29.1 Å². The molecule has 9 rings (SSSR count). The van der Waals surface area contributed by atoms with Crippen LogP contribution >= 0.6 is 18.9 Å². The van der Waals surface area contributed by atoms with Gasteiger partial charge in [0.05, 0.1) is 42.2 Å². The van der Waals surface area contributed by atoms with E-state index in [1.807, 2.05) is 24.0 Å². The number of nitrogens with one attached hydrogen (secondary N) is 2. The SMILES string of the molecule is CCCOC(=O)[C@H](C)N[P@](=O)(Oc1ccccc1)[C@@H](F)c1ccc2sc(C(=O)N[C@H]3CC[C@H](N4CCOCC4)C[C@H]4CC[C@@H](C(=O)N5C[C@H](c6cccnc6)[C@@H](C#N)C56CC6)N4C3=O)cc2c1. The average molecular weight is 954 g/mol. The molecule has 1 spiro atoms. The molecule has 0 radical (unpaired) electrons. The molecule has 4 aromatic rings. The fourth-order valence-corrected chi connectivity index (χ4v) is 13.6. The van der Waals surface area contributed by atoms with Crippen molar-refractivity contribution in [1.82, 2.24) is 30.1 Å². The van der Waals surface area contributed by atoms with Crippen LogP contribution in [0.25, 0.3) is 10.1 Å². The molecule has 1 aliphatic carbocycles. The van der Waals surface area contributed by atoms with E-state index in [1.54, 1.807) is 59.8 Å². The number of alkyl halides is 1. The predicted molar refractivity (Wildman–Crippen MR) is 249 cm³/mol. The van der Waals surface area contributed by atoms with Crippen molar-refractivity contribution >= 4 is 52.6 Å². The molecule has 3 amide bonds. The summed E-state index contributed by atoms with van der Waals surface area (Å²) in [4.78, 5) is 67.6. The normalized spacial score (nSPS) is 26.7. The third-order valence-corrected chi connectivity index (χ3v) is 17.5. The highest BCUT2D eigenvalue weighted by atomic mass is 32.1. The number of nitrogens with zero attached hydrogens (tertiary/aromatic N) is 5. The van der Waals surface area contributed by atoms with Gasteiger partial charge in [-0.3, -0.25) is 33.6 Å². The summed E-state index contributed by atoms with van der Waals surface area (Å²) in [6, 6.07) is 17.8. The van der Waals surface area contributed by atoms with Gasteiger partial charge in [-0.15, -0.1) is 11.3 Å². The molecular weight excluding hydrogens is 897 g/mol. The van der Waals surface area contributed by atoms with Crippen LogP contribution in [0.1, 0.15) is 97.8 Å². The lowest BCUT2D eigenvalue weighted by atomic mass is 9.85. The molecule has 2 aromatic heterocycles. The Morgan fingerprint density at radius 2 is 1.82 bits per heavy atom. The van der Waals surface area contributed by atoms with Crippen LogP contribution in [0.3, 0.4) is 0 Å². The third kappa shape index (κ3) is 9.48. The first-order valence-electron chi connectivity index (χ1n) is 23.4. The minimum atomic E-state index is -4.49. The van der Waals surface area contributed by atoms with Crippen molar-refractivity contribution in [3.8, 4) is 11.8 Å². The Labute approximate surface area is 393 Å². The Bertz CT molecular complexity index is 2550. The van der Waals surface area contributed by atoms with E-state index in [2.05, 4.69) is 26.4 Å². The zero-order chi connectivity index (χ0) is 46.9. The van der Waals surface area contributed by atoms with Gasteiger partial charge in [0, 0.05) is 54.7 Å². The highest BCUT2D eigenvalue weighted by Gasteiger charge is 2.64. The first-order valence-corrected chi connectivity index (χ1v) is 26.0. The number of carbonyl (C=O) groups excluding carboxylic acids is 4. The number of benzene rings is 2. The van der Waals surface area contributed by atoms with Crippen LogP contribution in [0.2, 0.25) is 0 Å². The maximum atomic E-state index is 16.7. The quantitative estimate of drug-likeness (QED) is 0.0967. The number of para-hydroxylation sites is 1. The van der Waals surface area contributed by atoms with Crippen molar-refractivity contribution in [2.75, 3.05) is 39.5 Å². The second-order valence-electron chi connectivity index (χ2n) is 18.4. The summed E-state index contributed by atoms with van der Waals surface area (Å²) in [6.07, 6.45) is 8.36. The van der Waals surface area contributed by atoms with E-state index in [0.29, 0.717) is 73.2 Å². The molecular formula is C49H57FN7O8PS. The molecule has 9 atom stereocenters.